The summed E-state index contributed by atoms with van der Waals surface area (Å²) in [6.07, 6.45) is -0.0250. The Morgan fingerprint density at radius 2 is 2.04 bits per heavy atom. The zero-order valence-corrected chi connectivity index (χ0v) is 14.4. The Morgan fingerprint density at radius 3 is 2.77 bits per heavy atom. The van der Waals surface area contributed by atoms with Crippen molar-refractivity contribution in [2.24, 2.45) is 0 Å². The molecule has 0 saturated carbocycles. The predicted octanol–water partition coefficient (Wildman–Crippen LogP) is 2.77. The molecule has 0 aliphatic carbocycles. The average molecular weight is 349 g/mol. The first-order valence-corrected chi connectivity index (χ1v) is 8.58. The number of likely N-dealkylation sites (tertiary alicyclic amines) is 1. The zero-order chi connectivity index (χ0) is 18.1. The van der Waals surface area contributed by atoms with Crippen LogP contribution in [0.15, 0.2) is 42.5 Å². The summed E-state index contributed by atoms with van der Waals surface area (Å²) in [6.45, 7) is 3.57. The number of hydrogen-bond donors (Lipinski definition) is 1. The lowest BCUT2D eigenvalue weighted by Gasteiger charge is -2.39. The van der Waals surface area contributed by atoms with E-state index in [9.17, 15) is 4.79 Å². The molecule has 2 aromatic rings. The Hall–Kier alpha value is -3.20. The van der Waals surface area contributed by atoms with Gasteiger partial charge in [0.05, 0.1) is 30.8 Å². The standard InChI is InChI=1S/C20H19N3O3/c1-13-2-7-19-17(8-13)18(12-25-19)22-20(24)23-10-16(11-23)26-15-5-3-14(9-21)4-6-15/h2-8,16,18H,10-12H2,1H3,(H,22,24). The van der Waals surface area contributed by atoms with Crippen molar-refractivity contribution in [2.75, 3.05) is 19.7 Å². The summed E-state index contributed by atoms with van der Waals surface area (Å²) in [6, 6.07) is 14.9. The first-order chi connectivity index (χ1) is 12.6. The lowest BCUT2D eigenvalue weighted by atomic mass is 10.1. The zero-order valence-electron chi connectivity index (χ0n) is 14.4. The molecule has 2 amide bonds. The number of amides is 2. The van der Waals surface area contributed by atoms with Gasteiger partial charge in [-0.15, -0.1) is 0 Å². The fourth-order valence-electron chi connectivity index (χ4n) is 3.17. The number of nitrogens with zero attached hydrogens (tertiary/aromatic N) is 2. The maximum Gasteiger partial charge on any atom is 0.318 e. The van der Waals surface area contributed by atoms with Crippen LogP contribution in [0.5, 0.6) is 11.5 Å². The van der Waals surface area contributed by atoms with Crippen LogP contribution in [0.25, 0.3) is 0 Å². The second kappa shape index (κ2) is 6.60. The van der Waals surface area contributed by atoms with Gasteiger partial charge in [-0.25, -0.2) is 4.79 Å². The molecule has 1 N–H and O–H groups in total. The van der Waals surface area contributed by atoms with Crippen LogP contribution in [0.2, 0.25) is 0 Å². The highest BCUT2D eigenvalue weighted by molar-refractivity contribution is 5.76. The number of nitrogens with one attached hydrogen (secondary N) is 1. The van der Waals surface area contributed by atoms with Gasteiger partial charge in [-0.1, -0.05) is 17.7 Å². The van der Waals surface area contributed by atoms with E-state index in [1.165, 1.54) is 0 Å². The van der Waals surface area contributed by atoms with Crippen molar-refractivity contribution in [3.05, 3.63) is 59.2 Å². The van der Waals surface area contributed by atoms with Crippen molar-refractivity contribution in [3.63, 3.8) is 0 Å². The second-order valence-corrected chi connectivity index (χ2v) is 6.64. The van der Waals surface area contributed by atoms with E-state index in [4.69, 9.17) is 14.7 Å². The van der Waals surface area contributed by atoms with E-state index >= 15 is 0 Å². The van der Waals surface area contributed by atoms with Crippen LogP contribution in [-0.4, -0.2) is 36.7 Å². The molecule has 6 heteroatoms. The van der Waals surface area contributed by atoms with Crippen LogP contribution in [0, 0.1) is 18.3 Å². The summed E-state index contributed by atoms with van der Waals surface area (Å²) in [5, 5.41) is 11.8. The SMILES string of the molecule is Cc1ccc2c(c1)C(NC(=O)N1CC(Oc3ccc(C#N)cc3)C1)CO2. The number of rotatable bonds is 3. The molecule has 0 radical (unpaired) electrons. The van der Waals surface area contributed by atoms with Gasteiger partial charge in [0.2, 0.25) is 0 Å². The van der Waals surface area contributed by atoms with Crippen molar-refractivity contribution < 1.29 is 14.3 Å². The molecule has 0 aromatic heterocycles. The van der Waals surface area contributed by atoms with Gasteiger partial charge >= 0.3 is 6.03 Å². The molecule has 1 saturated heterocycles. The molecule has 4 rings (SSSR count). The van der Waals surface area contributed by atoms with Crippen molar-refractivity contribution in [2.45, 2.75) is 19.1 Å². The Balaban J connectivity index is 1.29. The number of hydrogen-bond acceptors (Lipinski definition) is 4. The Morgan fingerprint density at radius 1 is 1.27 bits per heavy atom. The highest BCUT2D eigenvalue weighted by Crippen LogP contribution is 2.33. The molecule has 2 aliphatic heterocycles. The first kappa shape index (κ1) is 16.3. The van der Waals surface area contributed by atoms with Gasteiger partial charge in [-0.05, 0) is 37.3 Å². The van der Waals surface area contributed by atoms with Gasteiger partial charge < -0.3 is 19.7 Å². The summed E-state index contributed by atoms with van der Waals surface area (Å²) in [7, 11) is 0. The molecule has 2 aromatic carbocycles. The summed E-state index contributed by atoms with van der Waals surface area (Å²) in [5.41, 5.74) is 2.78. The minimum absolute atomic E-state index is 0.0250. The minimum Gasteiger partial charge on any atom is -0.491 e. The maximum atomic E-state index is 12.4. The summed E-state index contributed by atoms with van der Waals surface area (Å²) >= 11 is 0. The van der Waals surface area contributed by atoms with Crippen LogP contribution in [0.3, 0.4) is 0 Å². The van der Waals surface area contributed by atoms with Crippen LogP contribution >= 0.6 is 0 Å². The third kappa shape index (κ3) is 3.16. The van der Waals surface area contributed by atoms with Gasteiger partial charge in [0.15, 0.2) is 0 Å². The summed E-state index contributed by atoms with van der Waals surface area (Å²) in [5.74, 6) is 1.55. The van der Waals surface area contributed by atoms with Crippen LogP contribution in [0.1, 0.15) is 22.7 Å². The largest absolute Gasteiger partial charge is 0.491 e. The van der Waals surface area contributed by atoms with E-state index < -0.39 is 0 Å². The van der Waals surface area contributed by atoms with E-state index in [1.54, 1.807) is 29.2 Å². The molecule has 1 atom stereocenters. The maximum absolute atomic E-state index is 12.4. The van der Waals surface area contributed by atoms with Crippen molar-refractivity contribution in [3.8, 4) is 17.6 Å². The third-order valence-corrected chi connectivity index (χ3v) is 4.67. The molecular weight excluding hydrogens is 330 g/mol. The average Bonchev–Trinajstić information content (AvgIpc) is 3.00. The number of ether oxygens (including phenoxy) is 2. The van der Waals surface area contributed by atoms with Crippen LogP contribution in [-0.2, 0) is 0 Å². The molecule has 1 unspecified atom stereocenters. The van der Waals surface area contributed by atoms with Gasteiger partial charge in [-0.2, -0.15) is 5.26 Å². The number of benzene rings is 2. The molecule has 0 bridgehead atoms. The number of urea groups is 1. The van der Waals surface area contributed by atoms with E-state index in [1.807, 2.05) is 19.1 Å². The lowest BCUT2D eigenvalue weighted by Crippen LogP contribution is -2.59. The Labute approximate surface area is 151 Å². The number of aryl methyl sites for hydroxylation is 1. The monoisotopic (exact) mass is 349 g/mol. The topological polar surface area (TPSA) is 74.6 Å². The number of nitriles is 1. The smallest absolute Gasteiger partial charge is 0.318 e. The Kier molecular flexibility index (Phi) is 4.13. The first-order valence-electron chi connectivity index (χ1n) is 8.58. The summed E-state index contributed by atoms with van der Waals surface area (Å²) < 4.78 is 11.5. The normalized spacial score (nSPS) is 18.3. The molecular formula is C20H19N3O3. The van der Waals surface area contributed by atoms with Crippen LogP contribution in [0.4, 0.5) is 4.79 Å². The van der Waals surface area contributed by atoms with Crippen molar-refractivity contribution in [1.82, 2.24) is 10.2 Å². The number of carbonyl (C=O) groups is 1. The van der Waals surface area contributed by atoms with Crippen LogP contribution < -0.4 is 14.8 Å². The fourth-order valence-corrected chi connectivity index (χ4v) is 3.17. The highest BCUT2D eigenvalue weighted by atomic mass is 16.5. The minimum atomic E-state index is -0.115. The van der Waals surface area contributed by atoms with E-state index in [2.05, 4.69) is 17.5 Å². The van der Waals surface area contributed by atoms with E-state index in [-0.39, 0.29) is 18.2 Å². The Bertz CT molecular complexity index is 867. The summed E-state index contributed by atoms with van der Waals surface area (Å²) in [4.78, 5) is 14.1. The number of carbonyl (C=O) groups excluding carboxylic acids is 1. The van der Waals surface area contributed by atoms with E-state index in [0.29, 0.717) is 31.0 Å². The predicted molar refractivity (Wildman–Crippen MR) is 95.1 cm³/mol. The quantitative estimate of drug-likeness (QED) is 0.925. The number of fused-ring (bicyclic) bond motifs is 1. The second-order valence-electron chi connectivity index (χ2n) is 6.64. The molecule has 6 nitrogen and oxygen atoms in total. The lowest BCUT2D eigenvalue weighted by molar-refractivity contribution is 0.0431. The van der Waals surface area contributed by atoms with Gasteiger partial charge in [0.1, 0.15) is 24.2 Å². The van der Waals surface area contributed by atoms with E-state index in [0.717, 1.165) is 16.9 Å². The highest BCUT2D eigenvalue weighted by Gasteiger charge is 2.35. The fraction of sp³-hybridized carbons (Fsp3) is 0.300. The molecule has 2 aliphatic rings. The molecule has 132 valence electrons. The van der Waals surface area contributed by atoms with Gasteiger partial charge in [0, 0.05) is 5.56 Å². The molecule has 1 fully saturated rings. The van der Waals surface area contributed by atoms with Gasteiger partial charge in [-0.3, -0.25) is 0 Å². The molecule has 0 spiro atoms. The van der Waals surface area contributed by atoms with Gasteiger partial charge in [0.25, 0.3) is 0 Å². The molecule has 26 heavy (non-hydrogen) atoms. The third-order valence-electron chi connectivity index (χ3n) is 4.67. The van der Waals surface area contributed by atoms with Crippen molar-refractivity contribution in [1.29, 1.82) is 5.26 Å². The van der Waals surface area contributed by atoms with Crippen molar-refractivity contribution >= 4 is 6.03 Å². The molecule has 2 heterocycles.